The van der Waals surface area contributed by atoms with Gasteiger partial charge in [0.1, 0.15) is 17.6 Å². The van der Waals surface area contributed by atoms with E-state index in [1.54, 1.807) is 41.3 Å². The van der Waals surface area contributed by atoms with Crippen LogP contribution >= 0.6 is 0 Å². The van der Waals surface area contributed by atoms with Crippen molar-refractivity contribution in [3.63, 3.8) is 0 Å². The number of benzene rings is 2. The number of nitrogens with one attached hydrogen (secondary N) is 3. The smallest absolute Gasteiger partial charge is 0.321 e. The first kappa shape index (κ1) is 25.0. The summed E-state index contributed by atoms with van der Waals surface area (Å²) < 4.78 is 18.6. The molecule has 182 valence electrons. The van der Waals surface area contributed by atoms with Gasteiger partial charge < -0.3 is 25.6 Å². The van der Waals surface area contributed by atoms with Crippen LogP contribution in [0.3, 0.4) is 0 Å². The summed E-state index contributed by atoms with van der Waals surface area (Å²) in [6, 6.07) is 12.0. The molecule has 3 N–H and O–H groups in total. The van der Waals surface area contributed by atoms with Gasteiger partial charge in [0.25, 0.3) is 0 Å². The minimum absolute atomic E-state index is 0.105. The lowest BCUT2D eigenvalue weighted by molar-refractivity contribution is -0.128. The van der Waals surface area contributed by atoms with E-state index in [0.29, 0.717) is 38.2 Å². The molecule has 0 aromatic heterocycles. The molecule has 0 spiro atoms. The maximum Gasteiger partial charge on any atom is 0.321 e. The fourth-order valence-corrected chi connectivity index (χ4v) is 3.84. The van der Waals surface area contributed by atoms with E-state index >= 15 is 0 Å². The summed E-state index contributed by atoms with van der Waals surface area (Å²) in [5.41, 5.74) is 1.43. The quantitative estimate of drug-likeness (QED) is 0.552. The largest absolute Gasteiger partial charge is 0.494 e. The van der Waals surface area contributed by atoms with Crippen molar-refractivity contribution in [3.05, 3.63) is 59.9 Å². The Morgan fingerprint density at radius 1 is 1.06 bits per heavy atom. The number of halogens is 1. The number of piperidine rings is 1. The molecule has 0 aliphatic carbocycles. The lowest BCUT2D eigenvalue weighted by Crippen LogP contribution is -2.53. The highest BCUT2D eigenvalue weighted by Crippen LogP contribution is 2.18. The highest BCUT2D eigenvalue weighted by Gasteiger charge is 2.27. The average molecular weight is 471 g/mol. The van der Waals surface area contributed by atoms with Crippen LogP contribution in [0.5, 0.6) is 5.75 Å². The third-order valence-corrected chi connectivity index (χ3v) is 5.59. The number of hydrogen-bond acceptors (Lipinski definition) is 4. The number of amides is 4. The molecule has 0 radical (unpaired) electrons. The summed E-state index contributed by atoms with van der Waals surface area (Å²) in [6.07, 6.45) is 1.46. The summed E-state index contributed by atoms with van der Waals surface area (Å²) >= 11 is 0. The molecular formula is C25H31FN4O4. The average Bonchev–Trinajstić information content (AvgIpc) is 2.81. The van der Waals surface area contributed by atoms with Gasteiger partial charge in [-0.3, -0.25) is 9.59 Å². The number of likely N-dealkylation sites (tertiary alicyclic amines) is 1. The summed E-state index contributed by atoms with van der Waals surface area (Å²) in [5.74, 6) is -0.225. The molecule has 1 atom stereocenters. The van der Waals surface area contributed by atoms with E-state index in [2.05, 4.69) is 16.0 Å². The van der Waals surface area contributed by atoms with Crippen LogP contribution in [0.1, 0.15) is 32.3 Å². The normalized spacial score (nSPS) is 14.7. The molecule has 2 aromatic rings. The Morgan fingerprint density at radius 2 is 1.71 bits per heavy atom. The molecule has 3 rings (SSSR count). The zero-order valence-electron chi connectivity index (χ0n) is 19.5. The number of anilines is 1. The van der Waals surface area contributed by atoms with E-state index < -0.39 is 6.04 Å². The molecule has 2 aromatic carbocycles. The SMILES string of the molecule is CCOc1ccc(NC(=O)N2CCC(NC(=O)[C@@H](Cc3ccc(F)cc3)NC(C)=O)CC2)cc1. The number of nitrogens with zero attached hydrogens (tertiary/aromatic N) is 1. The van der Waals surface area contributed by atoms with Gasteiger partial charge >= 0.3 is 6.03 Å². The molecule has 8 nitrogen and oxygen atoms in total. The van der Waals surface area contributed by atoms with Crippen molar-refractivity contribution in [2.24, 2.45) is 0 Å². The van der Waals surface area contributed by atoms with E-state index in [1.807, 2.05) is 6.92 Å². The van der Waals surface area contributed by atoms with Gasteiger partial charge in [-0.05, 0) is 61.7 Å². The Labute approximate surface area is 198 Å². The van der Waals surface area contributed by atoms with Gasteiger partial charge in [-0.1, -0.05) is 12.1 Å². The number of urea groups is 1. The van der Waals surface area contributed by atoms with Crippen molar-refractivity contribution < 1.29 is 23.5 Å². The summed E-state index contributed by atoms with van der Waals surface area (Å²) in [6.45, 7) is 4.84. The first-order valence-corrected chi connectivity index (χ1v) is 11.4. The fourth-order valence-electron chi connectivity index (χ4n) is 3.84. The van der Waals surface area contributed by atoms with Gasteiger partial charge in [-0.2, -0.15) is 0 Å². The van der Waals surface area contributed by atoms with Crippen molar-refractivity contribution in [1.29, 1.82) is 0 Å². The Hall–Kier alpha value is -3.62. The van der Waals surface area contributed by atoms with E-state index in [1.165, 1.54) is 19.1 Å². The Kier molecular flexibility index (Phi) is 8.84. The number of rotatable bonds is 8. The zero-order chi connectivity index (χ0) is 24.5. The molecule has 34 heavy (non-hydrogen) atoms. The summed E-state index contributed by atoms with van der Waals surface area (Å²) in [7, 11) is 0. The molecule has 1 aliphatic heterocycles. The monoisotopic (exact) mass is 470 g/mol. The molecule has 0 saturated carbocycles. The predicted octanol–water partition coefficient (Wildman–Crippen LogP) is 3.08. The lowest BCUT2D eigenvalue weighted by atomic mass is 10.0. The van der Waals surface area contributed by atoms with Crippen LogP contribution in [-0.2, 0) is 16.0 Å². The van der Waals surface area contributed by atoms with Crippen LogP contribution in [0.15, 0.2) is 48.5 Å². The van der Waals surface area contributed by atoms with E-state index in [-0.39, 0.29) is 36.1 Å². The molecular weight excluding hydrogens is 439 g/mol. The van der Waals surface area contributed by atoms with E-state index in [4.69, 9.17) is 4.74 Å². The van der Waals surface area contributed by atoms with Gasteiger partial charge in [0.2, 0.25) is 11.8 Å². The minimum Gasteiger partial charge on any atom is -0.494 e. The topological polar surface area (TPSA) is 99.8 Å². The first-order chi connectivity index (χ1) is 16.3. The Bertz CT molecular complexity index is 973. The molecule has 1 fully saturated rings. The van der Waals surface area contributed by atoms with Crippen LogP contribution in [0, 0.1) is 5.82 Å². The molecule has 9 heteroatoms. The van der Waals surface area contributed by atoms with Crippen molar-refractivity contribution >= 4 is 23.5 Å². The second-order valence-corrected chi connectivity index (χ2v) is 8.24. The van der Waals surface area contributed by atoms with Gasteiger partial charge in [0.15, 0.2) is 0 Å². The number of carbonyl (C=O) groups excluding carboxylic acids is 3. The lowest BCUT2D eigenvalue weighted by Gasteiger charge is -2.33. The van der Waals surface area contributed by atoms with Crippen LogP contribution in [0.2, 0.25) is 0 Å². The second kappa shape index (κ2) is 12.0. The highest BCUT2D eigenvalue weighted by atomic mass is 19.1. The predicted molar refractivity (Wildman–Crippen MR) is 127 cm³/mol. The molecule has 0 bridgehead atoms. The molecule has 4 amide bonds. The Morgan fingerprint density at radius 3 is 2.29 bits per heavy atom. The van der Waals surface area contributed by atoms with Gasteiger partial charge in [-0.15, -0.1) is 0 Å². The fraction of sp³-hybridized carbons (Fsp3) is 0.400. The van der Waals surface area contributed by atoms with Gasteiger partial charge in [0, 0.05) is 38.2 Å². The summed E-state index contributed by atoms with van der Waals surface area (Å²) in [5, 5.41) is 8.53. The van der Waals surface area contributed by atoms with Gasteiger partial charge in [-0.25, -0.2) is 9.18 Å². The number of carbonyl (C=O) groups is 3. The van der Waals surface area contributed by atoms with Crippen molar-refractivity contribution in [3.8, 4) is 5.75 Å². The third-order valence-electron chi connectivity index (χ3n) is 5.59. The number of hydrogen-bond donors (Lipinski definition) is 3. The van der Waals surface area contributed by atoms with Gasteiger partial charge in [0.05, 0.1) is 6.61 Å². The molecule has 1 aliphatic rings. The number of ether oxygens (including phenoxy) is 1. The van der Waals surface area contributed by atoms with Crippen molar-refractivity contribution in [2.75, 3.05) is 25.0 Å². The van der Waals surface area contributed by atoms with Crippen LogP contribution < -0.4 is 20.7 Å². The van der Waals surface area contributed by atoms with Crippen LogP contribution in [-0.4, -0.2) is 54.5 Å². The molecule has 0 unspecified atom stereocenters. The standard InChI is InChI=1S/C25H31FN4O4/c1-3-34-22-10-8-20(9-11-22)29-25(33)30-14-12-21(13-15-30)28-24(32)23(27-17(2)31)16-18-4-6-19(26)7-5-18/h4-11,21,23H,3,12-16H2,1-2H3,(H,27,31)(H,28,32)(H,29,33)/t23-/m1/s1. The van der Waals surface area contributed by atoms with Crippen molar-refractivity contribution in [2.45, 2.75) is 45.2 Å². The second-order valence-electron chi connectivity index (χ2n) is 8.24. The zero-order valence-corrected chi connectivity index (χ0v) is 19.5. The maximum atomic E-state index is 13.2. The minimum atomic E-state index is -0.760. The van der Waals surface area contributed by atoms with Crippen LogP contribution in [0.4, 0.5) is 14.9 Å². The van der Waals surface area contributed by atoms with Crippen LogP contribution in [0.25, 0.3) is 0 Å². The Balaban J connectivity index is 1.49. The van der Waals surface area contributed by atoms with E-state index in [9.17, 15) is 18.8 Å². The first-order valence-electron chi connectivity index (χ1n) is 11.4. The van der Waals surface area contributed by atoms with E-state index in [0.717, 1.165) is 11.3 Å². The molecule has 1 saturated heterocycles. The summed E-state index contributed by atoms with van der Waals surface area (Å²) in [4.78, 5) is 38.7. The maximum absolute atomic E-state index is 13.2. The van der Waals surface area contributed by atoms with Crippen molar-refractivity contribution in [1.82, 2.24) is 15.5 Å². The molecule has 1 heterocycles. The third kappa shape index (κ3) is 7.47. The highest BCUT2D eigenvalue weighted by molar-refractivity contribution is 5.89.